The van der Waals surface area contributed by atoms with Crippen molar-refractivity contribution in [3.05, 3.63) is 34.7 Å². The van der Waals surface area contributed by atoms with Crippen LogP contribution in [-0.2, 0) is 17.8 Å². The smallest absolute Gasteiger partial charge is 0.228 e. The van der Waals surface area contributed by atoms with Gasteiger partial charge in [0.25, 0.3) is 0 Å². The lowest BCUT2D eigenvalue weighted by Gasteiger charge is -2.25. The van der Waals surface area contributed by atoms with Crippen LogP contribution in [0.25, 0.3) is 20.8 Å². The summed E-state index contributed by atoms with van der Waals surface area (Å²) in [6.45, 7) is 5.34. The summed E-state index contributed by atoms with van der Waals surface area (Å²) in [7, 11) is 0. The molecular weight excluding hydrogens is 398 g/mol. The van der Waals surface area contributed by atoms with Crippen molar-refractivity contribution in [2.75, 3.05) is 18.4 Å². The van der Waals surface area contributed by atoms with E-state index in [1.165, 1.54) is 20.7 Å². The average Bonchev–Trinajstić information content (AvgIpc) is 3.33. The Kier molecular flexibility index (Phi) is 5.25. The molecule has 0 bridgehead atoms. The lowest BCUT2D eigenvalue weighted by molar-refractivity contribution is -0.117. The summed E-state index contributed by atoms with van der Waals surface area (Å²) in [6, 6.07) is 8.28. The van der Waals surface area contributed by atoms with Gasteiger partial charge >= 0.3 is 0 Å². The van der Waals surface area contributed by atoms with E-state index in [2.05, 4.69) is 35.3 Å². The maximum Gasteiger partial charge on any atom is 0.228 e. The second-order valence-corrected chi connectivity index (χ2v) is 9.21. The van der Waals surface area contributed by atoms with E-state index < -0.39 is 0 Å². The molecule has 1 saturated carbocycles. The fourth-order valence-corrected chi connectivity index (χ4v) is 5.98. The molecule has 1 fully saturated rings. The first kappa shape index (κ1) is 18.9. The second-order valence-electron chi connectivity index (χ2n) is 7.08. The third kappa shape index (κ3) is 3.51. The molecule has 1 aliphatic heterocycles. The molecule has 2 aliphatic rings. The Morgan fingerprint density at radius 3 is 2.85 bits per heavy atom. The number of likely N-dealkylation sites (N-methyl/N-ethyl adjacent to an activating group) is 1. The van der Waals surface area contributed by atoms with E-state index in [1.807, 2.05) is 6.07 Å². The van der Waals surface area contributed by atoms with E-state index >= 15 is 0 Å². The number of nitrogens with zero attached hydrogens (tertiary/aromatic N) is 2. The van der Waals surface area contributed by atoms with E-state index in [0.29, 0.717) is 0 Å². The summed E-state index contributed by atoms with van der Waals surface area (Å²) < 4.78 is 1.20. The van der Waals surface area contributed by atoms with Crippen LogP contribution < -0.4 is 5.32 Å². The molecule has 5 rings (SSSR count). The Bertz CT molecular complexity index is 959. The SMILES string of the molecule is CCN1CCc2c(sc(NC(=O)C3CC3)c2-c2nc3ccccc3s2)C1.Cl. The Balaban J connectivity index is 0.00000180. The van der Waals surface area contributed by atoms with Gasteiger partial charge in [-0.05, 0) is 43.5 Å². The van der Waals surface area contributed by atoms with Gasteiger partial charge in [-0.25, -0.2) is 4.98 Å². The molecule has 0 unspecified atom stereocenters. The zero-order chi connectivity index (χ0) is 17.7. The van der Waals surface area contributed by atoms with Crippen LogP contribution in [0.4, 0.5) is 5.00 Å². The molecule has 0 atom stereocenters. The number of aromatic nitrogens is 1. The Morgan fingerprint density at radius 1 is 1.30 bits per heavy atom. The molecule has 4 nitrogen and oxygen atoms in total. The molecule has 142 valence electrons. The fraction of sp³-hybridized carbons (Fsp3) is 0.400. The van der Waals surface area contributed by atoms with Gasteiger partial charge in [-0.15, -0.1) is 35.1 Å². The van der Waals surface area contributed by atoms with Gasteiger partial charge in [0, 0.05) is 29.4 Å². The van der Waals surface area contributed by atoms with Crippen molar-refractivity contribution in [2.24, 2.45) is 5.92 Å². The Morgan fingerprint density at radius 2 is 2.11 bits per heavy atom. The van der Waals surface area contributed by atoms with E-state index in [0.717, 1.165) is 54.4 Å². The number of nitrogens with one attached hydrogen (secondary N) is 1. The van der Waals surface area contributed by atoms with Gasteiger partial charge in [0.1, 0.15) is 10.0 Å². The lowest BCUT2D eigenvalue weighted by Crippen LogP contribution is -2.29. The summed E-state index contributed by atoms with van der Waals surface area (Å²) >= 11 is 3.48. The quantitative estimate of drug-likeness (QED) is 0.634. The maximum absolute atomic E-state index is 12.4. The van der Waals surface area contributed by atoms with Gasteiger partial charge < -0.3 is 5.32 Å². The van der Waals surface area contributed by atoms with Crippen LogP contribution in [0.5, 0.6) is 0 Å². The number of thiazole rings is 1. The lowest BCUT2D eigenvalue weighted by atomic mass is 10.0. The minimum absolute atomic E-state index is 0. The van der Waals surface area contributed by atoms with Crippen molar-refractivity contribution < 1.29 is 4.79 Å². The summed E-state index contributed by atoms with van der Waals surface area (Å²) in [4.78, 5) is 21.2. The number of thiophene rings is 1. The van der Waals surface area contributed by atoms with Crippen LogP contribution in [-0.4, -0.2) is 28.9 Å². The number of carbonyl (C=O) groups excluding carboxylic acids is 1. The summed E-state index contributed by atoms with van der Waals surface area (Å²) in [5.41, 5.74) is 3.61. The predicted octanol–water partition coefficient (Wildman–Crippen LogP) is 5.17. The molecular formula is C20H22ClN3OS2. The zero-order valence-corrected chi connectivity index (χ0v) is 17.6. The summed E-state index contributed by atoms with van der Waals surface area (Å²) in [5, 5.41) is 5.28. The van der Waals surface area contributed by atoms with E-state index in [-0.39, 0.29) is 24.2 Å². The first-order chi connectivity index (χ1) is 12.7. The van der Waals surface area contributed by atoms with Crippen molar-refractivity contribution >= 4 is 56.2 Å². The standard InChI is InChI=1S/C20H21N3OS2.ClH/c1-2-23-10-9-13-16(11-23)26-20(22-18(24)12-7-8-12)17(13)19-21-14-5-3-4-6-15(14)25-19;/h3-6,12H,2,7-11H2,1H3,(H,22,24);1H. The zero-order valence-electron chi connectivity index (χ0n) is 15.2. The molecule has 27 heavy (non-hydrogen) atoms. The van der Waals surface area contributed by atoms with Gasteiger partial charge in [-0.1, -0.05) is 19.1 Å². The van der Waals surface area contributed by atoms with Crippen molar-refractivity contribution in [2.45, 2.75) is 32.7 Å². The topological polar surface area (TPSA) is 45.2 Å². The Hall–Kier alpha value is -1.47. The minimum Gasteiger partial charge on any atom is -0.317 e. The second kappa shape index (κ2) is 7.51. The third-order valence-corrected chi connectivity index (χ3v) is 7.46. The van der Waals surface area contributed by atoms with Crippen LogP contribution in [0.15, 0.2) is 24.3 Å². The van der Waals surface area contributed by atoms with Crippen molar-refractivity contribution in [1.29, 1.82) is 0 Å². The van der Waals surface area contributed by atoms with E-state index in [1.54, 1.807) is 22.7 Å². The first-order valence-electron chi connectivity index (χ1n) is 9.26. The molecule has 2 aromatic heterocycles. The molecule has 1 N–H and O–H groups in total. The molecule has 0 spiro atoms. The number of anilines is 1. The van der Waals surface area contributed by atoms with Crippen LogP contribution in [0, 0.1) is 5.92 Å². The molecule has 1 aliphatic carbocycles. The molecule has 3 aromatic rings. The average molecular weight is 420 g/mol. The van der Waals surface area contributed by atoms with E-state index in [9.17, 15) is 4.79 Å². The maximum atomic E-state index is 12.4. The highest BCUT2D eigenvalue weighted by molar-refractivity contribution is 7.22. The van der Waals surface area contributed by atoms with Crippen molar-refractivity contribution in [1.82, 2.24) is 9.88 Å². The largest absolute Gasteiger partial charge is 0.317 e. The molecule has 1 amide bonds. The van der Waals surface area contributed by atoms with Gasteiger partial charge in [-0.3, -0.25) is 9.69 Å². The number of halogens is 1. The predicted molar refractivity (Wildman–Crippen MR) is 116 cm³/mol. The van der Waals surface area contributed by atoms with Crippen molar-refractivity contribution in [3.8, 4) is 10.6 Å². The minimum atomic E-state index is 0. The summed E-state index contributed by atoms with van der Waals surface area (Å²) in [6.07, 6.45) is 3.08. The first-order valence-corrected chi connectivity index (χ1v) is 10.9. The molecule has 1 aromatic carbocycles. The fourth-order valence-electron chi connectivity index (χ4n) is 3.58. The third-order valence-electron chi connectivity index (χ3n) is 5.28. The number of rotatable bonds is 4. The Labute approximate surface area is 173 Å². The highest BCUT2D eigenvalue weighted by Crippen LogP contribution is 2.46. The van der Waals surface area contributed by atoms with Gasteiger partial charge in [0.15, 0.2) is 0 Å². The molecule has 7 heteroatoms. The van der Waals surface area contributed by atoms with Crippen LogP contribution in [0.3, 0.4) is 0 Å². The van der Waals surface area contributed by atoms with Gasteiger partial charge in [0.05, 0.1) is 10.2 Å². The number of fused-ring (bicyclic) bond motifs is 2. The monoisotopic (exact) mass is 419 g/mol. The van der Waals surface area contributed by atoms with Crippen molar-refractivity contribution in [3.63, 3.8) is 0 Å². The van der Waals surface area contributed by atoms with Crippen LogP contribution >= 0.6 is 35.1 Å². The number of para-hydroxylation sites is 1. The van der Waals surface area contributed by atoms with Crippen LogP contribution in [0.1, 0.15) is 30.2 Å². The molecule has 0 saturated heterocycles. The number of carbonyl (C=O) groups is 1. The number of hydrogen-bond acceptors (Lipinski definition) is 5. The number of hydrogen-bond donors (Lipinski definition) is 1. The normalized spacial score (nSPS) is 16.8. The van der Waals surface area contributed by atoms with Gasteiger partial charge in [-0.2, -0.15) is 0 Å². The van der Waals surface area contributed by atoms with Gasteiger partial charge in [0.2, 0.25) is 5.91 Å². The number of amides is 1. The van der Waals surface area contributed by atoms with Crippen LogP contribution in [0.2, 0.25) is 0 Å². The number of benzene rings is 1. The van der Waals surface area contributed by atoms with E-state index in [4.69, 9.17) is 4.98 Å². The summed E-state index contributed by atoms with van der Waals surface area (Å²) in [5.74, 6) is 0.391. The molecule has 0 radical (unpaired) electrons. The molecule has 3 heterocycles. The highest BCUT2D eigenvalue weighted by Gasteiger charge is 2.32. The highest BCUT2D eigenvalue weighted by atomic mass is 35.5.